The number of nitrogens with zero attached hydrogens (tertiary/aromatic N) is 3. The number of rotatable bonds is 3. The van der Waals surface area contributed by atoms with E-state index in [1.54, 1.807) is 11.9 Å². The van der Waals surface area contributed by atoms with E-state index in [0.717, 1.165) is 44.3 Å². The van der Waals surface area contributed by atoms with Crippen molar-refractivity contribution in [2.75, 3.05) is 31.6 Å². The first-order chi connectivity index (χ1) is 14.9. The number of aliphatic hydroxyl groups is 1. The number of para-hydroxylation sites is 1. The predicted octanol–water partition coefficient (Wildman–Crippen LogP) is 4.00. The van der Waals surface area contributed by atoms with E-state index in [2.05, 4.69) is 54.0 Å². The highest BCUT2D eigenvalue weighted by atomic mass is 35.5. The molecule has 3 heterocycles. The number of hydrogen-bond acceptors (Lipinski definition) is 4. The van der Waals surface area contributed by atoms with Gasteiger partial charge < -0.3 is 19.8 Å². The maximum absolute atomic E-state index is 13.3. The van der Waals surface area contributed by atoms with Gasteiger partial charge in [0.15, 0.2) is 0 Å². The molecule has 1 amide bonds. The highest BCUT2D eigenvalue weighted by molar-refractivity contribution is 5.85. The van der Waals surface area contributed by atoms with Gasteiger partial charge in [0.25, 0.3) is 0 Å². The van der Waals surface area contributed by atoms with Gasteiger partial charge in [0.2, 0.25) is 5.91 Å². The van der Waals surface area contributed by atoms with Gasteiger partial charge in [-0.25, -0.2) is 0 Å². The van der Waals surface area contributed by atoms with E-state index >= 15 is 0 Å². The first-order valence-corrected chi connectivity index (χ1v) is 12.4. The summed E-state index contributed by atoms with van der Waals surface area (Å²) in [4.78, 5) is 20.1. The molecule has 3 aliphatic heterocycles. The monoisotopic (exact) mass is 461 g/mol. The van der Waals surface area contributed by atoms with Crippen LogP contribution in [0.3, 0.4) is 0 Å². The van der Waals surface area contributed by atoms with E-state index in [9.17, 15) is 9.90 Å². The summed E-state index contributed by atoms with van der Waals surface area (Å²) in [6, 6.07) is 11.3. The Morgan fingerprint density at radius 1 is 1.03 bits per heavy atom. The Morgan fingerprint density at radius 2 is 1.66 bits per heavy atom. The molecule has 178 valence electrons. The summed E-state index contributed by atoms with van der Waals surface area (Å²) in [6.45, 7) is 7.64. The highest BCUT2D eigenvalue weighted by Crippen LogP contribution is 2.53. The van der Waals surface area contributed by atoms with Crippen molar-refractivity contribution in [3.05, 3.63) is 30.3 Å². The Kier molecular flexibility index (Phi) is 6.82. The van der Waals surface area contributed by atoms with Crippen LogP contribution in [0.1, 0.15) is 52.4 Å². The molecule has 1 aliphatic carbocycles. The Hall–Kier alpha value is -1.30. The standard InChI is InChI=1S/C26H39N3O2.ClH/c1-18(2)19-9-11-20(12-10-19)28-15-13-26(14-16-28)23-22(24(30)27(3)25(23)31)17-29(26)21-7-5-4-6-8-21;/h4-8,18-20,22-24,30H,9-17H2,1-3H3;1H. The van der Waals surface area contributed by atoms with Gasteiger partial charge in [0.05, 0.1) is 11.5 Å². The van der Waals surface area contributed by atoms with Crippen LogP contribution in [-0.4, -0.2) is 65.3 Å². The molecule has 1 aromatic rings. The van der Waals surface area contributed by atoms with Crippen molar-refractivity contribution in [2.24, 2.45) is 23.7 Å². The summed E-state index contributed by atoms with van der Waals surface area (Å²) < 4.78 is 0. The summed E-state index contributed by atoms with van der Waals surface area (Å²) >= 11 is 0. The van der Waals surface area contributed by atoms with Crippen molar-refractivity contribution in [1.82, 2.24) is 9.80 Å². The minimum absolute atomic E-state index is 0. The molecule has 3 atom stereocenters. The van der Waals surface area contributed by atoms with Crippen LogP contribution < -0.4 is 4.90 Å². The number of hydrogen-bond donors (Lipinski definition) is 1. The fourth-order valence-electron chi connectivity index (χ4n) is 7.34. The van der Waals surface area contributed by atoms with Gasteiger partial charge in [-0.15, -0.1) is 12.4 Å². The van der Waals surface area contributed by atoms with Gasteiger partial charge in [-0.2, -0.15) is 0 Å². The van der Waals surface area contributed by atoms with Crippen LogP contribution in [0.15, 0.2) is 30.3 Å². The van der Waals surface area contributed by atoms with Crippen LogP contribution in [0.4, 0.5) is 5.69 Å². The molecule has 5 nitrogen and oxygen atoms in total. The third kappa shape index (κ3) is 3.74. The Labute approximate surface area is 199 Å². The van der Waals surface area contributed by atoms with Crippen molar-refractivity contribution in [1.29, 1.82) is 0 Å². The highest BCUT2D eigenvalue weighted by Gasteiger charge is 2.64. The van der Waals surface area contributed by atoms with Gasteiger partial charge >= 0.3 is 0 Å². The van der Waals surface area contributed by atoms with Crippen LogP contribution in [0.2, 0.25) is 0 Å². The predicted molar refractivity (Wildman–Crippen MR) is 131 cm³/mol. The topological polar surface area (TPSA) is 47.0 Å². The van der Waals surface area contributed by atoms with Gasteiger partial charge in [-0.05, 0) is 62.5 Å². The molecule has 3 saturated heterocycles. The van der Waals surface area contributed by atoms with Gasteiger partial charge in [0.1, 0.15) is 6.23 Å². The number of likely N-dealkylation sites (tertiary alicyclic amines) is 2. The van der Waals surface area contributed by atoms with Gasteiger partial charge in [-0.1, -0.05) is 32.0 Å². The minimum atomic E-state index is -0.660. The zero-order valence-corrected chi connectivity index (χ0v) is 20.6. The smallest absolute Gasteiger partial charge is 0.230 e. The number of carbonyl (C=O) groups excluding carboxylic acids is 1. The van der Waals surface area contributed by atoms with E-state index in [1.807, 2.05) is 0 Å². The molecule has 32 heavy (non-hydrogen) atoms. The van der Waals surface area contributed by atoms with Crippen molar-refractivity contribution in [2.45, 2.75) is 70.2 Å². The maximum atomic E-state index is 13.3. The summed E-state index contributed by atoms with van der Waals surface area (Å²) in [7, 11) is 1.77. The Balaban J connectivity index is 0.00000245. The van der Waals surface area contributed by atoms with E-state index in [1.165, 1.54) is 31.4 Å². The molecule has 4 aliphatic rings. The van der Waals surface area contributed by atoms with Crippen LogP contribution in [0, 0.1) is 23.7 Å². The minimum Gasteiger partial charge on any atom is -0.373 e. The molecule has 0 aromatic heterocycles. The molecule has 1 N–H and O–H groups in total. The number of aliphatic hydroxyl groups excluding tert-OH is 1. The second-order valence-electron chi connectivity index (χ2n) is 10.9. The lowest BCUT2D eigenvalue weighted by atomic mass is 9.73. The zero-order valence-electron chi connectivity index (χ0n) is 19.8. The molecule has 4 fully saturated rings. The van der Waals surface area contributed by atoms with Crippen molar-refractivity contribution in [3.63, 3.8) is 0 Å². The Bertz CT molecular complexity index is 788. The molecule has 1 spiro atoms. The van der Waals surface area contributed by atoms with Gasteiger partial charge in [0, 0.05) is 44.3 Å². The summed E-state index contributed by atoms with van der Waals surface area (Å²) in [5.41, 5.74) is 1.03. The van der Waals surface area contributed by atoms with Crippen molar-refractivity contribution >= 4 is 24.0 Å². The third-order valence-corrected chi connectivity index (χ3v) is 9.26. The van der Waals surface area contributed by atoms with E-state index in [4.69, 9.17) is 0 Å². The summed E-state index contributed by atoms with van der Waals surface area (Å²) in [5, 5.41) is 10.8. The molecule has 1 aromatic carbocycles. The molecular formula is C26H40ClN3O2. The first-order valence-electron chi connectivity index (χ1n) is 12.4. The van der Waals surface area contributed by atoms with Crippen LogP contribution in [0.5, 0.6) is 0 Å². The van der Waals surface area contributed by atoms with E-state index in [-0.39, 0.29) is 35.7 Å². The molecule has 0 radical (unpaired) electrons. The zero-order chi connectivity index (χ0) is 21.8. The number of benzene rings is 1. The fraction of sp³-hybridized carbons (Fsp3) is 0.731. The maximum Gasteiger partial charge on any atom is 0.230 e. The average Bonchev–Trinajstić information content (AvgIpc) is 3.23. The molecular weight excluding hydrogens is 422 g/mol. The number of amides is 1. The van der Waals surface area contributed by atoms with Crippen LogP contribution in [-0.2, 0) is 4.79 Å². The van der Waals surface area contributed by atoms with Crippen LogP contribution in [0.25, 0.3) is 0 Å². The lowest BCUT2D eigenvalue weighted by Gasteiger charge is -2.50. The molecule has 1 saturated carbocycles. The second-order valence-corrected chi connectivity index (χ2v) is 10.9. The lowest BCUT2D eigenvalue weighted by Crippen LogP contribution is -2.59. The average molecular weight is 462 g/mol. The molecule has 0 bridgehead atoms. The third-order valence-electron chi connectivity index (χ3n) is 9.26. The normalized spacial score (nSPS) is 34.8. The van der Waals surface area contributed by atoms with Gasteiger partial charge in [-0.3, -0.25) is 4.79 Å². The second kappa shape index (κ2) is 9.15. The van der Waals surface area contributed by atoms with E-state index in [0.29, 0.717) is 6.04 Å². The fourth-order valence-corrected chi connectivity index (χ4v) is 7.34. The van der Waals surface area contributed by atoms with Crippen molar-refractivity contribution in [3.8, 4) is 0 Å². The number of fused-ring (bicyclic) bond motifs is 2. The molecule has 5 rings (SSSR count). The van der Waals surface area contributed by atoms with Crippen LogP contribution >= 0.6 is 12.4 Å². The van der Waals surface area contributed by atoms with Crippen molar-refractivity contribution < 1.29 is 9.90 Å². The lowest BCUT2D eigenvalue weighted by molar-refractivity contribution is -0.135. The Morgan fingerprint density at radius 3 is 2.25 bits per heavy atom. The summed E-state index contributed by atoms with van der Waals surface area (Å²) in [5.74, 6) is 1.75. The first kappa shape index (κ1) is 23.8. The summed E-state index contributed by atoms with van der Waals surface area (Å²) in [6.07, 6.45) is 6.74. The number of halogens is 1. The molecule has 3 unspecified atom stereocenters. The van der Waals surface area contributed by atoms with E-state index < -0.39 is 6.23 Å². The SMILES string of the molecule is CC(C)C1CCC(N2CCC3(CC2)C2C(=O)N(C)C(O)C2CN3c2ccccc2)CC1.Cl. The number of piperidine rings is 1. The largest absolute Gasteiger partial charge is 0.373 e. The number of anilines is 1. The molecule has 6 heteroatoms. The number of carbonyl (C=O) groups is 1. The quantitative estimate of drug-likeness (QED) is 0.739.